The van der Waals surface area contributed by atoms with Gasteiger partial charge in [-0.05, 0) is 60.8 Å². The molecule has 122 valence electrons. The van der Waals surface area contributed by atoms with E-state index in [0.717, 1.165) is 35.1 Å². The molecule has 4 nitrogen and oxygen atoms in total. The number of rotatable bonds is 2. The molecule has 1 saturated carbocycles. The Labute approximate surface area is 138 Å². The largest absolute Gasteiger partial charge is 0.388 e. The minimum atomic E-state index is -2.07. The Bertz CT molecular complexity index is 749. The first kappa shape index (κ1) is 15.3. The Kier molecular flexibility index (Phi) is 3.76. The fourth-order valence-corrected chi connectivity index (χ4v) is 4.44. The van der Waals surface area contributed by atoms with E-state index < -0.39 is 17.2 Å². The van der Waals surface area contributed by atoms with Gasteiger partial charge < -0.3 is 15.4 Å². The maximum atomic E-state index is 11.9. The van der Waals surface area contributed by atoms with E-state index in [-0.39, 0.29) is 6.04 Å². The molecule has 1 aromatic carbocycles. The highest BCUT2D eigenvalue weighted by atomic mass is 32.2. The molecular formula is C18H21NO3S. The van der Waals surface area contributed by atoms with Gasteiger partial charge in [-0.2, -0.15) is 0 Å². The predicted octanol–water partition coefficient (Wildman–Crippen LogP) is 3.30. The van der Waals surface area contributed by atoms with E-state index in [0.29, 0.717) is 17.2 Å². The summed E-state index contributed by atoms with van der Waals surface area (Å²) in [6.45, 7) is 0. The van der Waals surface area contributed by atoms with Gasteiger partial charge in [-0.1, -0.05) is 23.8 Å². The normalized spacial score (nSPS) is 29.1. The van der Waals surface area contributed by atoms with Crippen molar-refractivity contribution in [2.75, 3.05) is 0 Å². The number of hydrogen-bond acceptors (Lipinski definition) is 3. The van der Waals surface area contributed by atoms with Gasteiger partial charge in [-0.15, -0.1) is 0 Å². The SMILES string of the molecule is N[C@@H]1C[C@H](O)c2c1cc(S(=O)O)c1c2/C=C\CCC(C2CC2)=C1. The number of aliphatic hydroxyl groups is 1. The molecule has 1 unspecified atom stereocenters. The molecular weight excluding hydrogens is 310 g/mol. The topological polar surface area (TPSA) is 83.5 Å². The Hall–Kier alpha value is -1.27. The van der Waals surface area contributed by atoms with Gasteiger partial charge in [0.15, 0.2) is 11.1 Å². The maximum Gasteiger partial charge on any atom is 0.187 e. The van der Waals surface area contributed by atoms with Crippen LogP contribution in [-0.2, 0) is 11.1 Å². The standard InChI is InChI=1S/C18H21NO3S/c19-15-9-16(20)18-12-4-2-1-3-11(10-5-6-10)7-13(12)17(23(21)22)8-14(15)18/h2,4,7-8,10,15-16,20H,1,3,5-6,9,19H2,(H,21,22)/b4-2-,11-7?/t15-,16+/m1/s1. The van der Waals surface area contributed by atoms with Gasteiger partial charge in [-0.25, -0.2) is 4.21 Å². The van der Waals surface area contributed by atoms with E-state index in [1.54, 1.807) is 6.07 Å². The van der Waals surface area contributed by atoms with Crippen LogP contribution in [0.4, 0.5) is 0 Å². The summed E-state index contributed by atoms with van der Waals surface area (Å²) in [5.41, 5.74) is 10.8. The number of fused-ring (bicyclic) bond motifs is 3. The first-order chi connectivity index (χ1) is 11.1. The average molecular weight is 331 g/mol. The van der Waals surface area contributed by atoms with Crippen molar-refractivity contribution < 1.29 is 13.9 Å². The molecule has 5 heteroatoms. The summed E-state index contributed by atoms with van der Waals surface area (Å²) in [6, 6.07) is 1.44. The smallest absolute Gasteiger partial charge is 0.187 e. The Morgan fingerprint density at radius 3 is 2.74 bits per heavy atom. The Morgan fingerprint density at radius 2 is 2.04 bits per heavy atom. The fraction of sp³-hybridized carbons (Fsp3) is 0.444. The lowest BCUT2D eigenvalue weighted by Gasteiger charge is -2.18. The van der Waals surface area contributed by atoms with Gasteiger partial charge in [0.05, 0.1) is 11.0 Å². The first-order valence-corrected chi connectivity index (χ1v) is 9.29. The number of aliphatic hydroxyl groups excluding tert-OH is 1. The predicted molar refractivity (Wildman–Crippen MR) is 91.0 cm³/mol. The molecule has 23 heavy (non-hydrogen) atoms. The van der Waals surface area contributed by atoms with E-state index in [1.807, 2.05) is 6.08 Å². The van der Waals surface area contributed by atoms with E-state index in [1.165, 1.54) is 18.4 Å². The molecule has 3 atom stereocenters. The van der Waals surface area contributed by atoms with E-state index in [4.69, 9.17) is 5.73 Å². The summed E-state index contributed by atoms with van der Waals surface area (Å²) in [6.07, 6.45) is 10.4. The van der Waals surface area contributed by atoms with E-state index >= 15 is 0 Å². The number of hydrogen-bond donors (Lipinski definition) is 3. The summed E-state index contributed by atoms with van der Waals surface area (Å²) >= 11 is -2.07. The fourth-order valence-electron chi connectivity index (χ4n) is 3.85. The van der Waals surface area contributed by atoms with Crippen molar-refractivity contribution in [3.8, 4) is 0 Å². The zero-order valence-electron chi connectivity index (χ0n) is 12.9. The third kappa shape index (κ3) is 2.62. The summed E-state index contributed by atoms with van der Waals surface area (Å²) in [5.74, 6) is 0.620. The Balaban J connectivity index is 2.00. The third-order valence-corrected chi connectivity index (χ3v) is 5.87. The highest BCUT2D eigenvalue weighted by Crippen LogP contribution is 2.46. The second-order valence-corrected chi connectivity index (χ2v) is 7.68. The van der Waals surface area contributed by atoms with Crippen LogP contribution in [0.3, 0.4) is 0 Å². The van der Waals surface area contributed by atoms with Crippen molar-refractivity contribution in [1.82, 2.24) is 0 Å². The molecule has 1 aromatic rings. The molecule has 0 aromatic heterocycles. The zero-order chi connectivity index (χ0) is 16.1. The van der Waals surface area contributed by atoms with Gasteiger partial charge in [0.25, 0.3) is 0 Å². The van der Waals surface area contributed by atoms with Gasteiger partial charge in [0.1, 0.15) is 0 Å². The summed E-state index contributed by atoms with van der Waals surface area (Å²) in [5, 5.41) is 10.4. The lowest BCUT2D eigenvalue weighted by Crippen LogP contribution is -2.08. The van der Waals surface area contributed by atoms with Crippen LogP contribution in [0.1, 0.15) is 66.5 Å². The van der Waals surface area contributed by atoms with Crippen LogP contribution in [-0.4, -0.2) is 13.9 Å². The summed E-state index contributed by atoms with van der Waals surface area (Å²) in [4.78, 5) is 0.410. The molecule has 0 radical (unpaired) electrons. The number of nitrogens with two attached hydrogens (primary N) is 1. The van der Waals surface area contributed by atoms with Crippen molar-refractivity contribution in [2.45, 2.75) is 49.1 Å². The van der Waals surface area contributed by atoms with Gasteiger partial charge in [0.2, 0.25) is 0 Å². The second-order valence-electron chi connectivity index (χ2n) is 6.75. The van der Waals surface area contributed by atoms with Gasteiger partial charge in [-0.3, -0.25) is 0 Å². The van der Waals surface area contributed by atoms with Crippen molar-refractivity contribution in [3.63, 3.8) is 0 Å². The second kappa shape index (κ2) is 5.67. The first-order valence-electron chi connectivity index (χ1n) is 8.18. The molecule has 0 spiro atoms. The molecule has 0 aliphatic heterocycles. The summed E-state index contributed by atoms with van der Waals surface area (Å²) < 4.78 is 21.7. The zero-order valence-corrected chi connectivity index (χ0v) is 13.7. The van der Waals surface area contributed by atoms with Crippen LogP contribution in [0.5, 0.6) is 0 Å². The van der Waals surface area contributed by atoms with Crippen LogP contribution >= 0.6 is 0 Å². The van der Waals surface area contributed by atoms with Crippen molar-refractivity contribution in [1.29, 1.82) is 0 Å². The molecule has 4 N–H and O–H groups in total. The average Bonchev–Trinajstić information content (AvgIpc) is 3.26. The van der Waals surface area contributed by atoms with Crippen LogP contribution in [0.25, 0.3) is 12.2 Å². The maximum absolute atomic E-state index is 11.9. The van der Waals surface area contributed by atoms with Crippen LogP contribution < -0.4 is 5.73 Å². The Morgan fingerprint density at radius 1 is 1.26 bits per heavy atom. The summed E-state index contributed by atoms with van der Waals surface area (Å²) in [7, 11) is 0. The molecule has 0 amide bonds. The van der Waals surface area contributed by atoms with Crippen LogP contribution in [0.2, 0.25) is 0 Å². The molecule has 0 heterocycles. The highest BCUT2D eigenvalue weighted by Gasteiger charge is 2.33. The molecule has 3 aliphatic rings. The number of allylic oxidation sites excluding steroid dienone is 2. The lowest BCUT2D eigenvalue weighted by atomic mass is 9.90. The van der Waals surface area contributed by atoms with Gasteiger partial charge >= 0.3 is 0 Å². The molecule has 1 fully saturated rings. The molecule has 0 bridgehead atoms. The van der Waals surface area contributed by atoms with E-state index in [2.05, 4.69) is 12.2 Å². The van der Waals surface area contributed by atoms with Crippen LogP contribution in [0.15, 0.2) is 22.6 Å². The van der Waals surface area contributed by atoms with Gasteiger partial charge in [0, 0.05) is 11.6 Å². The molecule has 3 aliphatic carbocycles. The minimum absolute atomic E-state index is 0.279. The lowest BCUT2D eigenvalue weighted by molar-refractivity contribution is 0.173. The van der Waals surface area contributed by atoms with Crippen molar-refractivity contribution in [2.24, 2.45) is 11.7 Å². The quantitative estimate of drug-likeness (QED) is 0.726. The van der Waals surface area contributed by atoms with Crippen molar-refractivity contribution in [3.05, 3.63) is 40.0 Å². The monoisotopic (exact) mass is 331 g/mol. The highest BCUT2D eigenvalue weighted by molar-refractivity contribution is 7.79. The van der Waals surface area contributed by atoms with Crippen molar-refractivity contribution >= 4 is 23.2 Å². The third-order valence-electron chi connectivity index (χ3n) is 5.16. The molecule has 4 rings (SSSR count). The minimum Gasteiger partial charge on any atom is -0.388 e. The molecule has 0 saturated heterocycles. The van der Waals surface area contributed by atoms with E-state index in [9.17, 15) is 13.9 Å². The van der Waals surface area contributed by atoms with Crippen LogP contribution in [0, 0.1) is 5.92 Å². The number of benzene rings is 1.